The number of benzene rings is 3. The molecule has 3 rings (SSSR count). The van der Waals surface area contributed by atoms with Gasteiger partial charge in [-0.2, -0.15) is 0 Å². The Hall–Kier alpha value is -3.07. The van der Waals surface area contributed by atoms with Crippen LogP contribution in [0.15, 0.2) is 78.9 Å². The Bertz CT molecular complexity index is 855. The van der Waals surface area contributed by atoms with Crippen molar-refractivity contribution in [3.8, 4) is 16.9 Å². The first kappa shape index (κ1) is 18.7. The van der Waals surface area contributed by atoms with Crippen LogP contribution in [0.5, 0.6) is 5.75 Å². The molecular formula is C24H25NO2. The van der Waals surface area contributed by atoms with E-state index in [9.17, 15) is 4.79 Å². The number of nitrogens with zero attached hydrogens (tertiary/aromatic N) is 1. The predicted octanol–water partition coefficient (Wildman–Crippen LogP) is 4.95. The molecule has 0 saturated carbocycles. The van der Waals surface area contributed by atoms with Crippen molar-refractivity contribution in [2.45, 2.75) is 19.9 Å². The van der Waals surface area contributed by atoms with E-state index in [1.165, 1.54) is 5.56 Å². The van der Waals surface area contributed by atoms with E-state index in [4.69, 9.17) is 4.74 Å². The first-order chi connectivity index (χ1) is 13.2. The van der Waals surface area contributed by atoms with Gasteiger partial charge in [0.25, 0.3) is 0 Å². The van der Waals surface area contributed by atoms with Crippen LogP contribution in [0.25, 0.3) is 11.1 Å². The van der Waals surface area contributed by atoms with Crippen molar-refractivity contribution in [2.24, 2.45) is 0 Å². The van der Waals surface area contributed by atoms with E-state index in [1.807, 2.05) is 66.4 Å². The lowest BCUT2D eigenvalue weighted by Gasteiger charge is -2.21. The first-order valence-electron chi connectivity index (χ1n) is 9.24. The molecule has 0 atom stereocenters. The smallest absolute Gasteiger partial charge is 0.227 e. The normalized spacial score (nSPS) is 10.4. The van der Waals surface area contributed by atoms with Gasteiger partial charge in [0.05, 0.1) is 13.5 Å². The van der Waals surface area contributed by atoms with Gasteiger partial charge >= 0.3 is 0 Å². The Kier molecular flexibility index (Phi) is 6.26. The summed E-state index contributed by atoms with van der Waals surface area (Å²) >= 11 is 0. The van der Waals surface area contributed by atoms with Gasteiger partial charge in [0, 0.05) is 13.1 Å². The van der Waals surface area contributed by atoms with Gasteiger partial charge in [-0.1, -0.05) is 66.7 Å². The number of amides is 1. The number of ether oxygens (including phenoxy) is 1. The summed E-state index contributed by atoms with van der Waals surface area (Å²) in [7, 11) is 1.65. The second-order valence-electron chi connectivity index (χ2n) is 6.50. The Morgan fingerprint density at radius 1 is 0.815 bits per heavy atom. The molecule has 0 N–H and O–H groups in total. The van der Waals surface area contributed by atoms with Crippen LogP contribution in [-0.2, 0) is 17.8 Å². The molecule has 138 valence electrons. The largest absolute Gasteiger partial charge is 0.497 e. The van der Waals surface area contributed by atoms with Crippen LogP contribution in [-0.4, -0.2) is 24.5 Å². The highest BCUT2D eigenvalue weighted by atomic mass is 16.5. The molecule has 1 amide bonds. The number of likely N-dealkylation sites (N-methyl/N-ethyl adjacent to an activating group) is 1. The molecular weight excluding hydrogens is 334 g/mol. The fourth-order valence-corrected chi connectivity index (χ4v) is 3.06. The minimum Gasteiger partial charge on any atom is -0.497 e. The SMILES string of the molecule is CCN(Cc1ccc(OC)cc1)C(=O)Cc1ccc(-c2ccccc2)cc1. The first-order valence-corrected chi connectivity index (χ1v) is 9.24. The molecule has 3 aromatic rings. The maximum Gasteiger partial charge on any atom is 0.227 e. The maximum absolute atomic E-state index is 12.7. The predicted molar refractivity (Wildman–Crippen MR) is 110 cm³/mol. The van der Waals surface area contributed by atoms with E-state index in [2.05, 4.69) is 24.3 Å². The highest BCUT2D eigenvalue weighted by Gasteiger charge is 2.13. The number of hydrogen-bond acceptors (Lipinski definition) is 2. The van der Waals surface area contributed by atoms with E-state index in [1.54, 1.807) is 7.11 Å². The van der Waals surface area contributed by atoms with Crippen molar-refractivity contribution in [2.75, 3.05) is 13.7 Å². The van der Waals surface area contributed by atoms with Gasteiger partial charge in [-0.05, 0) is 41.3 Å². The molecule has 0 aromatic heterocycles. The Morgan fingerprint density at radius 3 is 2.00 bits per heavy atom. The maximum atomic E-state index is 12.7. The number of hydrogen-bond donors (Lipinski definition) is 0. The molecule has 3 heteroatoms. The third kappa shape index (κ3) is 4.98. The van der Waals surface area contributed by atoms with Crippen LogP contribution < -0.4 is 4.74 Å². The van der Waals surface area contributed by atoms with E-state index < -0.39 is 0 Å². The summed E-state index contributed by atoms with van der Waals surface area (Å²) in [6, 6.07) is 26.4. The molecule has 0 aliphatic carbocycles. The van der Waals surface area contributed by atoms with Crippen LogP contribution in [0.3, 0.4) is 0 Å². The summed E-state index contributed by atoms with van der Waals surface area (Å²) in [6.07, 6.45) is 0.416. The van der Waals surface area contributed by atoms with Crippen LogP contribution in [0.2, 0.25) is 0 Å². The topological polar surface area (TPSA) is 29.5 Å². The summed E-state index contributed by atoms with van der Waals surface area (Å²) in [5, 5.41) is 0. The summed E-state index contributed by atoms with van der Waals surface area (Å²) in [6.45, 7) is 3.31. The van der Waals surface area contributed by atoms with Gasteiger partial charge in [-0.3, -0.25) is 4.79 Å². The summed E-state index contributed by atoms with van der Waals surface area (Å²) in [5.74, 6) is 0.965. The van der Waals surface area contributed by atoms with Gasteiger partial charge in [0.2, 0.25) is 5.91 Å². The van der Waals surface area contributed by atoms with Crippen molar-refractivity contribution in [1.29, 1.82) is 0 Å². The zero-order chi connectivity index (χ0) is 19.1. The molecule has 27 heavy (non-hydrogen) atoms. The average Bonchev–Trinajstić information content (AvgIpc) is 2.73. The monoisotopic (exact) mass is 359 g/mol. The van der Waals surface area contributed by atoms with Crippen LogP contribution in [0.1, 0.15) is 18.1 Å². The Labute approximate surface area is 161 Å². The van der Waals surface area contributed by atoms with E-state index in [-0.39, 0.29) is 5.91 Å². The molecule has 3 aromatic carbocycles. The fraction of sp³-hybridized carbons (Fsp3) is 0.208. The zero-order valence-corrected chi connectivity index (χ0v) is 15.9. The molecule has 0 aliphatic rings. The highest BCUT2D eigenvalue weighted by Crippen LogP contribution is 2.20. The molecule has 3 nitrogen and oxygen atoms in total. The number of carbonyl (C=O) groups is 1. The van der Waals surface area contributed by atoms with Crippen molar-refractivity contribution in [1.82, 2.24) is 4.90 Å². The minimum atomic E-state index is 0.140. The number of methoxy groups -OCH3 is 1. The third-order valence-electron chi connectivity index (χ3n) is 4.68. The highest BCUT2D eigenvalue weighted by molar-refractivity contribution is 5.79. The standard InChI is InChI=1S/C24H25NO2/c1-3-25(18-20-11-15-23(27-2)16-12-20)24(26)17-19-9-13-22(14-10-19)21-7-5-4-6-8-21/h4-16H,3,17-18H2,1-2H3. The lowest BCUT2D eigenvalue weighted by Crippen LogP contribution is -2.31. The van der Waals surface area contributed by atoms with Crippen molar-refractivity contribution < 1.29 is 9.53 Å². The van der Waals surface area contributed by atoms with Gasteiger partial charge in [0.1, 0.15) is 5.75 Å². The van der Waals surface area contributed by atoms with Crippen molar-refractivity contribution >= 4 is 5.91 Å². The number of carbonyl (C=O) groups excluding carboxylic acids is 1. The van der Waals surface area contributed by atoms with Crippen molar-refractivity contribution in [3.63, 3.8) is 0 Å². The van der Waals surface area contributed by atoms with Crippen molar-refractivity contribution in [3.05, 3.63) is 90.0 Å². The van der Waals surface area contributed by atoms with Gasteiger partial charge < -0.3 is 9.64 Å². The summed E-state index contributed by atoms with van der Waals surface area (Å²) in [5.41, 5.74) is 4.49. The lowest BCUT2D eigenvalue weighted by molar-refractivity contribution is -0.130. The van der Waals surface area contributed by atoms with Crippen LogP contribution in [0, 0.1) is 0 Å². The number of rotatable bonds is 7. The van der Waals surface area contributed by atoms with Gasteiger partial charge in [-0.15, -0.1) is 0 Å². The van der Waals surface area contributed by atoms with E-state index in [0.717, 1.165) is 22.4 Å². The molecule has 0 unspecified atom stereocenters. The molecule has 0 bridgehead atoms. The summed E-state index contributed by atoms with van der Waals surface area (Å²) < 4.78 is 5.19. The lowest BCUT2D eigenvalue weighted by atomic mass is 10.0. The average molecular weight is 359 g/mol. The van der Waals surface area contributed by atoms with Gasteiger partial charge in [-0.25, -0.2) is 0 Å². The molecule has 0 aliphatic heterocycles. The minimum absolute atomic E-state index is 0.140. The molecule has 0 heterocycles. The second kappa shape index (κ2) is 9.04. The van der Waals surface area contributed by atoms with Crippen LogP contribution in [0.4, 0.5) is 0 Å². The molecule has 0 radical (unpaired) electrons. The quantitative estimate of drug-likeness (QED) is 0.597. The molecule has 0 fully saturated rings. The Morgan fingerprint density at radius 2 is 1.41 bits per heavy atom. The Balaban J connectivity index is 1.63. The van der Waals surface area contributed by atoms with Gasteiger partial charge in [0.15, 0.2) is 0 Å². The molecule has 0 saturated heterocycles. The summed E-state index contributed by atoms with van der Waals surface area (Å²) in [4.78, 5) is 14.6. The fourth-order valence-electron chi connectivity index (χ4n) is 3.06. The van der Waals surface area contributed by atoms with Crippen LogP contribution >= 0.6 is 0 Å². The third-order valence-corrected chi connectivity index (χ3v) is 4.68. The zero-order valence-electron chi connectivity index (χ0n) is 15.9. The van der Waals surface area contributed by atoms with E-state index >= 15 is 0 Å². The second-order valence-corrected chi connectivity index (χ2v) is 6.50. The molecule has 0 spiro atoms. The van der Waals surface area contributed by atoms with E-state index in [0.29, 0.717) is 19.5 Å².